The van der Waals surface area contributed by atoms with Crippen molar-refractivity contribution in [3.63, 3.8) is 0 Å². The van der Waals surface area contributed by atoms with Gasteiger partial charge >= 0.3 is 0 Å². The van der Waals surface area contributed by atoms with Crippen molar-refractivity contribution in [2.45, 2.75) is 32.2 Å². The second kappa shape index (κ2) is 1.99. The Morgan fingerprint density at radius 3 is 3.09 bits per heavy atom. The van der Waals surface area contributed by atoms with Crippen molar-refractivity contribution >= 4 is 0 Å². The molecule has 0 aromatic carbocycles. The van der Waals surface area contributed by atoms with Gasteiger partial charge < -0.3 is 9.47 Å². The SMILES string of the molecule is CC1CC2COC3OC1CC23. The lowest BCUT2D eigenvalue weighted by Crippen LogP contribution is -2.28. The Morgan fingerprint density at radius 1 is 1.27 bits per heavy atom. The number of ether oxygens (including phenoxy) is 2. The zero-order chi connectivity index (χ0) is 7.42. The van der Waals surface area contributed by atoms with E-state index < -0.39 is 0 Å². The van der Waals surface area contributed by atoms with Crippen LogP contribution in [0.2, 0.25) is 0 Å². The largest absolute Gasteiger partial charge is 0.352 e. The molecule has 3 rings (SSSR count). The van der Waals surface area contributed by atoms with E-state index in [4.69, 9.17) is 9.47 Å². The van der Waals surface area contributed by atoms with Gasteiger partial charge in [-0.1, -0.05) is 6.92 Å². The summed E-state index contributed by atoms with van der Waals surface area (Å²) in [5.41, 5.74) is 0. The van der Waals surface area contributed by atoms with Gasteiger partial charge in [0.15, 0.2) is 6.29 Å². The molecule has 2 heterocycles. The predicted octanol–water partition coefficient (Wildman–Crippen LogP) is 1.40. The second-order valence-electron chi connectivity index (χ2n) is 4.25. The molecule has 5 atom stereocenters. The van der Waals surface area contributed by atoms with Crippen molar-refractivity contribution < 1.29 is 9.47 Å². The molecule has 1 aliphatic carbocycles. The second-order valence-corrected chi connectivity index (χ2v) is 4.25. The molecule has 0 spiro atoms. The molecule has 0 amide bonds. The molecule has 2 heteroatoms. The zero-order valence-electron chi connectivity index (χ0n) is 6.82. The molecular formula is C9H14O2. The van der Waals surface area contributed by atoms with Crippen molar-refractivity contribution in [1.82, 2.24) is 0 Å². The Morgan fingerprint density at radius 2 is 2.18 bits per heavy atom. The van der Waals surface area contributed by atoms with Crippen LogP contribution in [0.5, 0.6) is 0 Å². The van der Waals surface area contributed by atoms with Crippen LogP contribution in [0.4, 0.5) is 0 Å². The van der Waals surface area contributed by atoms with E-state index in [2.05, 4.69) is 6.92 Å². The van der Waals surface area contributed by atoms with E-state index in [9.17, 15) is 0 Å². The highest BCUT2D eigenvalue weighted by Crippen LogP contribution is 2.48. The average molecular weight is 154 g/mol. The first-order valence-electron chi connectivity index (χ1n) is 4.61. The third kappa shape index (κ3) is 0.744. The maximum Gasteiger partial charge on any atom is 0.161 e. The standard InChI is InChI=1S/C9H14O2/c1-5-2-6-4-10-9-7(6)3-8(5)11-9/h5-9H,2-4H2,1H3. The zero-order valence-corrected chi connectivity index (χ0v) is 6.82. The summed E-state index contributed by atoms with van der Waals surface area (Å²) < 4.78 is 11.3. The Bertz CT molecular complexity index is 178. The van der Waals surface area contributed by atoms with E-state index >= 15 is 0 Å². The fourth-order valence-corrected chi connectivity index (χ4v) is 2.87. The molecule has 2 aliphatic heterocycles. The van der Waals surface area contributed by atoms with Gasteiger partial charge in [-0.15, -0.1) is 0 Å². The molecule has 0 aromatic rings. The van der Waals surface area contributed by atoms with E-state index in [1.165, 1.54) is 12.8 Å². The summed E-state index contributed by atoms with van der Waals surface area (Å²) in [7, 11) is 0. The molecule has 2 bridgehead atoms. The minimum absolute atomic E-state index is 0.176. The summed E-state index contributed by atoms with van der Waals surface area (Å²) in [6, 6.07) is 0. The summed E-state index contributed by atoms with van der Waals surface area (Å²) in [5, 5.41) is 0. The Labute approximate surface area is 66.9 Å². The van der Waals surface area contributed by atoms with Gasteiger partial charge in [0, 0.05) is 5.92 Å². The Hall–Kier alpha value is -0.0800. The molecule has 11 heavy (non-hydrogen) atoms. The van der Waals surface area contributed by atoms with Crippen LogP contribution in [-0.4, -0.2) is 19.0 Å². The van der Waals surface area contributed by atoms with Crippen LogP contribution in [-0.2, 0) is 9.47 Å². The van der Waals surface area contributed by atoms with Gasteiger partial charge in [0.2, 0.25) is 0 Å². The maximum absolute atomic E-state index is 5.77. The quantitative estimate of drug-likeness (QED) is 0.525. The fraction of sp³-hybridized carbons (Fsp3) is 1.00. The lowest BCUT2D eigenvalue weighted by molar-refractivity contribution is -0.131. The topological polar surface area (TPSA) is 18.5 Å². The van der Waals surface area contributed by atoms with Crippen LogP contribution >= 0.6 is 0 Å². The van der Waals surface area contributed by atoms with E-state index in [0.717, 1.165) is 24.4 Å². The Balaban J connectivity index is 1.92. The number of rotatable bonds is 0. The molecule has 1 saturated carbocycles. The van der Waals surface area contributed by atoms with Crippen molar-refractivity contribution in [3.05, 3.63) is 0 Å². The Kier molecular flexibility index (Phi) is 1.16. The van der Waals surface area contributed by atoms with Gasteiger partial charge in [-0.2, -0.15) is 0 Å². The normalized spacial score (nSPS) is 60.3. The lowest BCUT2D eigenvalue weighted by atomic mass is 9.76. The summed E-state index contributed by atoms with van der Waals surface area (Å²) in [4.78, 5) is 0. The van der Waals surface area contributed by atoms with Crippen LogP contribution in [0.15, 0.2) is 0 Å². The fourth-order valence-electron chi connectivity index (χ4n) is 2.87. The molecule has 3 aliphatic rings. The third-order valence-corrected chi connectivity index (χ3v) is 3.55. The number of hydrogen-bond donors (Lipinski definition) is 0. The monoisotopic (exact) mass is 154 g/mol. The maximum atomic E-state index is 5.77. The first-order valence-corrected chi connectivity index (χ1v) is 4.61. The van der Waals surface area contributed by atoms with E-state index in [0.29, 0.717) is 6.10 Å². The van der Waals surface area contributed by atoms with E-state index in [1.54, 1.807) is 0 Å². The lowest BCUT2D eigenvalue weighted by Gasteiger charge is -2.28. The van der Waals surface area contributed by atoms with Crippen molar-refractivity contribution in [1.29, 1.82) is 0 Å². The summed E-state index contributed by atoms with van der Waals surface area (Å²) in [6.45, 7) is 3.26. The molecule has 0 aromatic heterocycles. The smallest absolute Gasteiger partial charge is 0.161 e. The molecule has 2 nitrogen and oxygen atoms in total. The van der Waals surface area contributed by atoms with Gasteiger partial charge in [-0.05, 0) is 24.7 Å². The van der Waals surface area contributed by atoms with E-state index in [1.807, 2.05) is 0 Å². The molecule has 62 valence electrons. The first kappa shape index (κ1) is 6.44. The average Bonchev–Trinajstić information content (AvgIpc) is 2.46. The van der Waals surface area contributed by atoms with Gasteiger partial charge in [0.1, 0.15) is 0 Å². The van der Waals surface area contributed by atoms with Crippen LogP contribution in [0.3, 0.4) is 0 Å². The highest BCUT2D eigenvalue weighted by Gasteiger charge is 2.51. The third-order valence-electron chi connectivity index (χ3n) is 3.55. The first-order chi connectivity index (χ1) is 5.34. The molecule has 0 radical (unpaired) electrons. The summed E-state index contributed by atoms with van der Waals surface area (Å²) in [5.74, 6) is 2.33. The minimum Gasteiger partial charge on any atom is -0.352 e. The van der Waals surface area contributed by atoms with Crippen LogP contribution in [0.1, 0.15) is 19.8 Å². The highest BCUT2D eigenvalue weighted by atomic mass is 16.7. The van der Waals surface area contributed by atoms with Crippen LogP contribution in [0.25, 0.3) is 0 Å². The van der Waals surface area contributed by atoms with Gasteiger partial charge in [0.25, 0.3) is 0 Å². The van der Waals surface area contributed by atoms with Crippen LogP contribution in [0, 0.1) is 17.8 Å². The number of hydrogen-bond acceptors (Lipinski definition) is 2. The molecular weight excluding hydrogens is 140 g/mol. The molecule has 5 unspecified atom stereocenters. The van der Waals surface area contributed by atoms with Gasteiger partial charge in [0.05, 0.1) is 12.7 Å². The molecule has 2 saturated heterocycles. The van der Waals surface area contributed by atoms with Gasteiger partial charge in [-0.25, -0.2) is 0 Å². The van der Waals surface area contributed by atoms with Crippen molar-refractivity contribution in [2.24, 2.45) is 17.8 Å². The molecule has 3 fully saturated rings. The van der Waals surface area contributed by atoms with Crippen molar-refractivity contribution in [3.8, 4) is 0 Å². The minimum atomic E-state index is 0.176. The van der Waals surface area contributed by atoms with E-state index in [-0.39, 0.29) is 6.29 Å². The highest BCUT2D eigenvalue weighted by molar-refractivity contribution is 4.94. The summed E-state index contributed by atoms with van der Waals surface area (Å²) in [6.07, 6.45) is 3.28. The number of fused-ring (bicyclic) bond motifs is 1. The van der Waals surface area contributed by atoms with Crippen molar-refractivity contribution in [2.75, 3.05) is 6.61 Å². The molecule has 0 N–H and O–H groups in total. The summed E-state index contributed by atoms with van der Waals surface area (Å²) >= 11 is 0. The van der Waals surface area contributed by atoms with Crippen LogP contribution < -0.4 is 0 Å². The predicted molar refractivity (Wildman–Crippen MR) is 40.0 cm³/mol. The van der Waals surface area contributed by atoms with Gasteiger partial charge in [-0.3, -0.25) is 0 Å².